The van der Waals surface area contributed by atoms with Crippen LogP contribution in [0, 0.1) is 0 Å². The molecule has 0 fully saturated rings. The number of fused-ring (bicyclic) bond motifs is 1. The number of benzene rings is 2. The van der Waals surface area contributed by atoms with Crippen molar-refractivity contribution in [1.82, 2.24) is 5.32 Å². The number of nitrogens with two attached hydrogens (primary N) is 1. The van der Waals surface area contributed by atoms with Gasteiger partial charge in [0.15, 0.2) is 23.9 Å². The van der Waals surface area contributed by atoms with E-state index in [1.807, 2.05) is 0 Å². The third-order valence-corrected chi connectivity index (χ3v) is 3.79. The van der Waals surface area contributed by atoms with Crippen molar-refractivity contribution in [2.75, 3.05) is 19.8 Å². The predicted molar refractivity (Wildman–Crippen MR) is 95.3 cm³/mol. The van der Waals surface area contributed by atoms with Crippen molar-refractivity contribution in [3.8, 4) is 11.5 Å². The van der Waals surface area contributed by atoms with Crippen LogP contribution < -0.4 is 20.5 Å². The Morgan fingerprint density at radius 1 is 0.964 bits per heavy atom. The Morgan fingerprint density at radius 3 is 2.36 bits per heavy atom. The topological polar surface area (TPSA) is 134 Å². The summed E-state index contributed by atoms with van der Waals surface area (Å²) >= 11 is 0. The van der Waals surface area contributed by atoms with Crippen LogP contribution >= 0.6 is 0 Å². The fourth-order valence-electron chi connectivity index (χ4n) is 2.58. The second-order valence-electron chi connectivity index (χ2n) is 5.72. The minimum Gasteiger partial charge on any atom is -0.486 e. The van der Waals surface area contributed by atoms with Crippen molar-refractivity contribution in [2.45, 2.75) is 0 Å². The van der Waals surface area contributed by atoms with Gasteiger partial charge in [0.05, 0.1) is 5.56 Å². The Labute approximate surface area is 159 Å². The minimum atomic E-state index is -1.06. The van der Waals surface area contributed by atoms with Crippen molar-refractivity contribution in [3.63, 3.8) is 0 Å². The van der Waals surface area contributed by atoms with Gasteiger partial charge in [-0.05, 0) is 24.3 Å². The summed E-state index contributed by atoms with van der Waals surface area (Å²) in [6, 6.07) is 9.70. The van der Waals surface area contributed by atoms with Gasteiger partial charge in [0.1, 0.15) is 13.2 Å². The molecule has 3 amide bonds. The van der Waals surface area contributed by atoms with E-state index < -0.39 is 30.3 Å². The Hall–Kier alpha value is -3.88. The summed E-state index contributed by atoms with van der Waals surface area (Å²) in [6.07, 6.45) is 0. The molecule has 0 spiro atoms. The molecule has 1 aliphatic heterocycles. The molecule has 9 heteroatoms. The molecule has 0 saturated heterocycles. The quantitative estimate of drug-likeness (QED) is 0.581. The molecule has 0 unspecified atom stereocenters. The summed E-state index contributed by atoms with van der Waals surface area (Å²) in [7, 11) is 0. The fourth-order valence-corrected chi connectivity index (χ4v) is 2.58. The first-order valence-electron chi connectivity index (χ1n) is 8.25. The van der Waals surface area contributed by atoms with Crippen LogP contribution in [-0.2, 0) is 9.53 Å². The molecule has 2 aromatic rings. The highest BCUT2D eigenvalue weighted by molar-refractivity contribution is 6.14. The molecule has 1 heterocycles. The van der Waals surface area contributed by atoms with E-state index in [1.54, 1.807) is 35.6 Å². The third-order valence-electron chi connectivity index (χ3n) is 3.79. The van der Waals surface area contributed by atoms with E-state index in [-0.39, 0.29) is 11.1 Å². The van der Waals surface area contributed by atoms with Gasteiger partial charge < -0.3 is 19.9 Å². The van der Waals surface area contributed by atoms with Gasteiger partial charge in [-0.25, -0.2) is 9.59 Å². The summed E-state index contributed by atoms with van der Waals surface area (Å²) in [6.45, 7) is 0.0908. The number of imide groups is 1. The molecule has 3 N–H and O–H groups in total. The fraction of sp³-hybridized carbons (Fsp3) is 0.158. The number of carbonyl (C=O) groups is 4. The van der Waals surface area contributed by atoms with E-state index >= 15 is 0 Å². The van der Waals surface area contributed by atoms with Crippen molar-refractivity contribution in [1.29, 1.82) is 0 Å². The monoisotopic (exact) mass is 384 g/mol. The maximum Gasteiger partial charge on any atom is 0.339 e. The van der Waals surface area contributed by atoms with Gasteiger partial charge in [0, 0.05) is 11.1 Å². The molecule has 2 aromatic carbocycles. The lowest BCUT2D eigenvalue weighted by Crippen LogP contribution is -2.37. The maximum atomic E-state index is 12.9. The Morgan fingerprint density at radius 2 is 1.64 bits per heavy atom. The Kier molecular flexibility index (Phi) is 5.54. The molecule has 1 aliphatic rings. The number of carbonyl (C=O) groups excluding carboxylic acids is 4. The Balaban J connectivity index is 1.79. The number of hydrogen-bond donors (Lipinski definition) is 2. The molecule has 0 atom stereocenters. The van der Waals surface area contributed by atoms with Gasteiger partial charge in [0.25, 0.3) is 5.91 Å². The molecule has 28 heavy (non-hydrogen) atoms. The average Bonchev–Trinajstić information content (AvgIpc) is 2.70. The molecule has 0 radical (unpaired) electrons. The lowest BCUT2D eigenvalue weighted by Gasteiger charge is -2.18. The van der Waals surface area contributed by atoms with E-state index in [2.05, 4.69) is 0 Å². The van der Waals surface area contributed by atoms with Crippen LogP contribution in [0.4, 0.5) is 4.79 Å². The molecule has 144 valence electrons. The zero-order chi connectivity index (χ0) is 20.1. The highest BCUT2D eigenvalue weighted by atomic mass is 16.6. The van der Waals surface area contributed by atoms with Crippen LogP contribution in [0.3, 0.4) is 0 Å². The van der Waals surface area contributed by atoms with E-state index in [0.717, 1.165) is 0 Å². The van der Waals surface area contributed by atoms with Crippen LogP contribution in [0.1, 0.15) is 26.3 Å². The molecular weight excluding hydrogens is 368 g/mol. The molecule has 0 aromatic heterocycles. The van der Waals surface area contributed by atoms with Crippen LogP contribution in [0.15, 0.2) is 42.5 Å². The first kappa shape index (κ1) is 18.9. The molecule has 0 saturated carbocycles. The standard InChI is InChI=1S/C19H16N2O7/c20-19(25)21-16(22)10-28-18(24)13-4-2-1-3-12(13)17(23)11-5-6-14-15(9-11)27-8-7-26-14/h1-6,9H,7-8,10H2,(H3,20,21,22,25). The largest absolute Gasteiger partial charge is 0.486 e. The number of ether oxygens (including phenoxy) is 3. The van der Waals surface area contributed by atoms with Gasteiger partial charge in [-0.3, -0.25) is 14.9 Å². The van der Waals surface area contributed by atoms with Gasteiger partial charge in [-0.15, -0.1) is 0 Å². The zero-order valence-electron chi connectivity index (χ0n) is 14.6. The smallest absolute Gasteiger partial charge is 0.339 e. The third kappa shape index (κ3) is 4.26. The van der Waals surface area contributed by atoms with Gasteiger partial charge in [-0.1, -0.05) is 18.2 Å². The number of esters is 1. The summed E-state index contributed by atoms with van der Waals surface area (Å²) in [5.41, 5.74) is 5.19. The average molecular weight is 384 g/mol. The molecule has 3 rings (SSSR count). The van der Waals surface area contributed by atoms with E-state index in [4.69, 9.17) is 19.9 Å². The summed E-state index contributed by atoms with van der Waals surface area (Å²) < 4.78 is 15.8. The number of urea groups is 1. The van der Waals surface area contributed by atoms with Gasteiger partial charge in [0.2, 0.25) is 0 Å². The maximum absolute atomic E-state index is 12.9. The number of ketones is 1. The van der Waals surface area contributed by atoms with Crippen LogP contribution in [0.25, 0.3) is 0 Å². The molecule has 0 bridgehead atoms. The summed E-state index contributed by atoms with van der Waals surface area (Å²) in [5, 5.41) is 1.77. The first-order chi connectivity index (χ1) is 13.5. The number of amides is 3. The van der Waals surface area contributed by atoms with Crippen molar-refractivity contribution in [3.05, 3.63) is 59.2 Å². The van der Waals surface area contributed by atoms with E-state index in [0.29, 0.717) is 30.3 Å². The SMILES string of the molecule is NC(=O)NC(=O)COC(=O)c1ccccc1C(=O)c1ccc2c(c1)OCCO2. The lowest BCUT2D eigenvalue weighted by molar-refractivity contribution is -0.123. The molecule has 0 aliphatic carbocycles. The van der Waals surface area contributed by atoms with Crippen LogP contribution in [0.2, 0.25) is 0 Å². The van der Waals surface area contributed by atoms with Crippen molar-refractivity contribution < 1.29 is 33.4 Å². The van der Waals surface area contributed by atoms with Crippen molar-refractivity contribution >= 4 is 23.7 Å². The number of hydrogen-bond acceptors (Lipinski definition) is 7. The number of primary amides is 1. The summed E-state index contributed by atoms with van der Waals surface area (Å²) in [5.74, 6) is -1.21. The van der Waals surface area contributed by atoms with E-state index in [9.17, 15) is 19.2 Å². The van der Waals surface area contributed by atoms with E-state index in [1.165, 1.54) is 12.1 Å². The minimum absolute atomic E-state index is 0.0192. The highest BCUT2D eigenvalue weighted by Crippen LogP contribution is 2.31. The van der Waals surface area contributed by atoms with Crippen LogP contribution in [-0.4, -0.2) is 43.5 Å². The molecular formula is C19H16N2O7. The second kappa shape index (κ2) is 8.21. The molecule has 9 nitrogen and oxygen atoms in total. The lowest BCUT2D eigenvalue weighted by atomic mass is 9.98. The number of nitrogens with one attached hydrogen (secondary N) is 1. The van der Waals surface area contributed by atoms with Gasteiger partial charge >= 0.3 is 12.0 Å². The second-order valence-corrected chi connectivity index (χ2v) is 5.72. The van der Waals surface area contributed by atoms with Gasteiger partial charge in [-0.2, -0.15) is 0 Å². The van der Waals surface area contributed by atoms with Crippen molar-refractivity contribution in [2.24, 2.45) is 5.73 Å². The summed E-state index contributed by atoms with van der Waals surface area (Å²) in [4.78, 5) is 47.2. The predicted octanol–water partition coefficient (Wildman–Crippen LogP) is 1.04. The first-order valence-corrected chi connectivity index (χ1v) is 8.25. The normalized spacial score (nSPS) is 12.0. The number of rotatable bonds is 5. The Bertz CT molecular complexity index is 955. The zero-order valence-corrected chi connectivity index (χ0v) is 14.6. The van der Waals surface area contributed by atoms with Crippen LogP contribution in [0.5, 0.6) is 11.5 Å². The highest BCUT2D eigenvalue weighted by Gasteiger charge is 2.22.